The molecule has 0 radical (unpaired) electrons. The van der Waals surface area contributed by atoms with Crippen LogP contribution < -0.4 is 26.3 Å². The Morgan fingerprint density at radius 3 is 2.50 bits per heavy atom. The largest absolute Gasteiger partial charge is 0.480 e. The molecule has 2 aromatic carbocycles. The lowest BCUT2D eigenvalue weighted by atomic mass is 9.95. The van der Waals surface area contributed by atoms with Crippen molar-refractivity contribution in [3.05, 3.63) is 75.6 Å². The molecule has 3 fully saturated rings. The van der Waals surface area contributed by atoms with E-state index in [4.69, 9.17) is 0 Å². The van der Waals surface area contributed by atoms with Crippen LogP contribution in [0.3, 0.4) is 0 Å². The number of benzene rings is 2. The van der Waals surface area contributed by atoms with Crippen LogP contribution in [0, 0.1) is 0 Å². The fourth-order valence-corrected chi connectivity index (χ4v) is 8.94. The monoisotopic (exact) mass is 644 g/mol. The summed E-state index contributed by atoms with van der Waals surface area (Å²) >= 11 is 1.32. The highest BCUT2D eigenvalue weighted by Crippen LogP contribution is 2.50. The van der Waals surface area contributed by atoms with Gasteiger partial charge in [0, 0.05) is 54.7 Å². The Morgan fingerprint density at radius 2 is 1.78 bits per heavy atom. The number of carbonyl (C=O) groups is 4. The molecule has 3 aromatic rings. The van der Waals surface area contributed by atoms with Gasteiger partial charge in [-0.1, -0.05) is 30.3 Å². The fraction of sp³-hybridized carbons (Fsp3) is 0.424. The molecule has 46 heavy (non-hydrogen) atoms. The number of aromatic nitrogens is 1. The quantitative estimate of drug-likeness (QED) is 0.280. The summed E-state index contributed by atoms with van der Waals surface area (Å²) < 4.78 is 1.23. The van der Waals surface area contributed by atoms with Crippen molar-refractivity contribution in [2.75, 3.05) is 31.1 Å². The first-order valence-electron chi connectivity index (χ1n) is 15.6. The standard InChI is InChI=1S/C33H36N6O6S/c1-33(2)27(32(44)45)39-30(43)24(31(39)46-33)36-29(42)23(18-7-4-3-5-8-18)35-28(41)21-17-38-14-6-9-19-22(37-15-12-34-13-16-37)11-10-20(25(19)38)26(21)40/h3-5,7-8,10-11,17,23-24,27,31,34H,6,9,12-16H2,1-2H3,(H,35,41)(H,36,42)(H,44,45). The van der Waals surface area contributed by atoms with Gasteiger partial charge in [0.2, 0.25) is 17.2 Å². The average Bonchev–Trinajstić information content (AvgIpc) is 3.32. The molecular weight excluding hydrogens is 608 g/mol. The Morgan fingerprint density at radius 1 is 1.04 bits per heavy atom. The third-order valence-corrected chi connectivity index (χ3v) is 11.1. The molecule has 0 bridgehead atoms. The van der Waals surface area contributed by atoms with Gasteiger partial charge in [0.05, 0.1) is 5.52 Å². The summed E-state index contributed by atoms with van der Waals surface area (Å²) in [7, 11) is 0. The number of amides is 3. The van der Waals surface area contributed by atoms with Crippen LogP contribution in [0.2, 0.25) is 0 Å². The Bertz CT molecular complexity index is 1820. The van der Waals surface area contributed by atoms with Crippen LogP contribution >= 0.6 is 11.8 Å². The minimum absolute atomic E-state index is 0.0627. The van der Waals surface area contributed by atoms with E-state index < -0.39 is 57.4 Å². The Balaban J connectivity index is 1.17. The van der Waals surface area contributed by atoms with Crippen molar-refractivity contribution in [2.45, 2.75) is 61.5 Å². The molecule has 4 N–H and O–H groups in total. The van der Waals surface area contributed by atoms with Gasteiger partial charge in [-0.05, 0) is 49.9 Å². The van der Waals surface area contributed by atoms with Crippen molar-refractivity contribution in [1.29, 1.82) is 0 Å². The third kappa shape index (κ3) is 4.92. The van der Waals surface area contributed by atoms with Crippen LogP contribution in [-0.2, 0) is 27.3 Å². The normalized spacial score (nSPS) is 23.8. The van der Waals surface area contributed by atoms with Gasteiger partial charge < -0.3 is 35.4 Å². The van der Waals surface area contributed by atoms with Crippen molar-refractivity contribution in [1.82, 2.24) is 25.4 Å². The van der Waals surface area contributed by atoms with Gasteiger partial charge in [0.25, 0.3) is 5.91 Å². The lowest BCUT2D eigenvalue weighted by molar-refractivity contribution is -0.161. The zero-order valence-electron chi connectivity index (χ0n) is 25.6. The summed E-state index contributed by atoms with van der Waals surface area (Å²) in [5, 5.41) is 18.6. The molecule has 3 saturated heterocycles. The lowest BCUT2D eigenvalue weighted by Gasteiger charge is -2.44. The fourth-order valence-electron chi connectivity index (χ4n) is 7.31. The minimum atomic E-state index is -1.20. The number of aryl methyl sites for hydroxylation is 2. The number of β-lactam (4-membered cyclic amide) rings is 1. The van der Waals surface area contributed by atoms with E-state index in [1.54, 1.807) is 56.4 Å². The van der Waals surface area contributed by atoms with Crippen LogP contribution in [0.4, 0.5) is 5.69 Å². The van der Waals surface area contributed by atoms with Crippen LogP contribution in [0.15, 0.2) is 53.5 Å². The SMILES string of the molecule is CC1(C)SC2C(NC(=O)C(NC(=O)c3cn4c5c(c(N6CCNCC6)ccc5c3=O)CCC4)c3ccccc3)C(=O)N2C1C(=O)O. The highest BCUT2D eigenvalue weighted by Gasteiger charge is 2.64. The van der Waals surface area contributed by atoms with Crippen LogP contribution in [0.25, 0.3) is 10.9 Å². The molecule has 7 rings (SSSR count). The molecule has 3 amide bonds. The molecule has 4 aliphatic rings. The van der Waals surface area contributed by atoms with Crippen molar-refractivity contribution in [3.63, 3.8) is 0 Å². The number of pyridine rings is 1. The number of piperazine rings is 1. The molecule has 12 nitrogen and oxygen atoms in total. The summed E-state index contributed by atoms with van der Waals surface area (Å²) in [6, 6.07) is 9.26. The van der Waals surface area contributed by atoms with E-state index in [1.165, 1.54) is 16.7 Å². The highest BCUT2D eigenvalue weighted by molar-refractivity contribution is 8.01. The number of thioether (sulfide) groups is 1. The summed E-state index contributed by atoms with van der Waals surface area (Å²) in [5.41, 5.74) is 3.11. The van der Waals surface area contributed by atoms with Gasteiger partial charge in [0.15, 0.2) is 0 Å². The van der Waals surface area contributed by atoms with Crippen molar-refractivity contribution in [3.8, 4) is 0 Å². The third-order valence-electron chi connectivity index (χ3n) is 9.49. The van der Waals surface area contributed by atoms with Gasteiger partial charge in [0.1, 0.15) is 29.1 Å². The maximum atomic E-state index is 13.8. The van der Waals surface area contributed by atoms with Crippen molar-refractivity contribution in [2.24, 2.45) is 0 Å². The first-order valence-corrected chi connectivity index (χ1v) is 16.5. The number of carbonyl (C=O) groups excluding carboxylic acids is 3. The summed E-state index contributed by atoms with van der Waals surface area (Å²) in [6.07, 6.45) is 3.31. The molecule has 0 spiro atoms. The number of aliphatic carboxylic acids is 1. The molecule has 4 unspecified atom stereocenters. The van der Waals surface area contributed by atoms with Gasteiger partial charge in [-0.3, -0.25) is 19.2 Å². The molecule has 0 saturated carbocycles. The number of hydrogen-bond donors (Lipinski definition) is 4. The number of anilines is 1. The molecule has 5 heterocycles. The van der Waals surface area contributed by atoms with E-state index in [-0.39, 0.29) is 5.56 Å². The number of carboxylic acid groups (broad SMARTS) is 1. The smallest absolute Gasteiger partial charge is 0.327 e. The average molecular weight is 645 g/mol. The summed E-state index contributed by atoms with van der Waals surface area (Å²) in [4.78, 5) is 70.1. The van der Waals surface area contributed by atoms with Crippen LogP contribution in [0.1, 0.15) is 47.8 Å². The number of carboxylic acids is 1. The molecule has 0 aliphatic carbocycles. The van der Waals surface area contributed by atoms with E-state index in [0.29, 0.717) is 17.5 Å². The summed E-state index contributed by atoms with van der Waals surface area (Å²) in [5.74, 6) is -2.90. The Kier molecular flexibility index (Phi) is 7.55. The molecule has 4 aliphatic heterocycles. The van der Waals surface area contributed by atoms with E-state index in [2.05, 4.69) is 20.9 Å². The predicted octanol–water partition coefficient (Wildman–Crippen LogP) is 1.46. The zero-order valence-corrected chi connectivity index (χ0v) is 26.4. The van der Waals surface area contributed by atoms with Crippen LogP contribution in [-0.4, -0.2) is 86.6 Å². The maximum Gasteiger partial charge on any atom is 0.327 e. The number of nitrogens with zero attached hydrogens (tertiary/aromatic N) is 3. The van der Waals surface area contributed by atoms with Crippen molar-refractivity contribution >= 4 is 52.0 Å². The molecule has 240 valence electrons. The Labute approximate surface area is 269 Å². The Hall–Kier alpha value is -4.36. The number of rotatable bonds is 7. The second kappa shape index (κ2) is 11.5. The van der Waals surface area contributed by atoms with Gasteiger partial charge in [-0.2, -0.15) is 0 Å². The number of nitrogens with one attached hydrogen (secondary N) is 3. The van der Waals surface area contributed by atoms with Gasteiger partial charge in [-0.25, -0.2) is 4.79 Å². The maximum absolute atomic E-state index is 13.8. The topological polar surface area (TPSA) is 153 Å². The van der Waals surface area contributed by atoms with Gasteiger partial charge in [-0.15, -0.1) is 11.8 Å². The van der Waals surface area contributed by atoms with Gasteiger partial charge >= 0.3 is 5.97 Å². The molecular formula is C33H36N6O6S. The number of fused-ring (bicyclic) bond motifs is 1. The first-order chi connectivity index (χ1) is 22.1. The molecule has 4 atom stereocenters. The lowest BCUT2D eigenvalue weighted by Crippen LogP contribution is -2.71. The first kappa shape index (κ1) is 30.3. The molecule has 13 heteroatoms. The van der Waals surface area contributed by atoms with Crippen molar-refractivity contribution < 1.29 is 24.3 Å². The second-order valence-corrected chi connectivity index (χ2v) is 14.5. The van der Waals surface area contributed by atoms with E-state index in [9.17, 15) is 29.1 Å². The second-order valence-electron chi connectivity index (χ2n) is 12.8. The summed E-state index contributed by atoms with van der Waals surface area (Å²) in [6.45, 7) is 7.74. The predicted molar refractivity (Wildman–Crippen MR) is 174 cm³/mol. The van der Waals surface area contributed by atoms with E-state index >= 15 is 0 Å². The van der Waals surface area contributed by atoms with E-state index in [1.807, 2.05) is 10.6 Å². The van der Waals surface area contributed by atoms with Crippen LogP contribution in [0.5, 0.6) is 0 Å². The number of hydrogen-bond acceptors (Lipinski definition) is 8. The molecule has 1 aromatic heterocycles. The minimum Gasteiger partial charge on any atom is -0.480 e. The highest BCUT2D eigenvalue weighted by atomic mass is 32.2. The zero-order chi connectivity index (χ0) is 32.3. The van der Waals surface area contributed by atoms with E-state index in [0.717, 1.165) is 55.8 Å².